The third-order valence-corrected chi connectivity index (χ3v) is 2.01. The number of rotatable bonds is 2. The summed E-state index contributed by atoms with van der Waals surface area (Å²) in [5, 5.41) is 0. The van der Waals surface area contributed by atoms with Crippen molar-refractivity contribution >= 4 is 11.6 Å². The van der Waals surface area contributed by atoms with Gasteiger partial charge in [-0.15, -0.1) is 11.6 Å². The quantitative estimate of drug-likeness (QED) is 0.742. The van der Waals surface area contributed by atoms with E-state index in [0.29, 0.717) is 11.3 Å². The average molecular weight is 208 g/mol. The molecule has 0 radical (unpaired) electrons. The Bertz CT molecular complexity index is 362. The molecule has 0 saturated heterocycles. The van der Waals surface area contributed by atoms with Crippen LogP contribution in [0.5, 0.6) is 0 Å². The number of alkyl halides is 3. The number of pyridine rings is 1. The summed E-state index contributed by atoms with van der Waals surface area (Å²) in [7, 11) is 0. The van der Waals surface area contributed by atoms with Crippen molar-refractivity contribution in [2.24, 2.45) is 0 Å². The Labute approximate surface area is 78.5 Å². The smallest absolute Gasteiger partial charge is 0.269 e. The molecule has 0 aliphatic carbocycles. The van der Waals surface area contributed by atoms with E-state index in [4.69, 9.17) is 11.6 Å². The number of hydrogen-bond donors (Lipinski definition) is 1. The maximum atomic E-state index is 12.2. The van der Waals surface area contributed by atoms with Gasteiger partial charge in [-0.25, -0.2) is 8.78 Å². The highest BCUT2D eigenvalue weighted by atomic mass is 35.5. The van der Waals surface area contributed by atoms with Crippen LogP contribution in [0.4, 0.5) is 8.78 Å². The summed E-state index contributed by atoms with van der Waals surface area (Å²) in [5.41, 5.74) is -0.219. The maximum Gasteiger partial charge on any atom is 0.269 e. The fourth-order valence-electron chi connectivity index (χ4n) is 0.995. The van der Waals surface area contributed by atoms with E-state index in [1.165, 1.54) is 6.07 Å². The predicted octanol–water partition coefficient (Wildman–Crippen LogP) is 2.36. The minimum absolute atomic E-state index is 0.116. The number of H-pyrrole nitrogens is 1. The Kier molecular flexibility index (Phi) is 3.03. The van der Waals surface area contributed by atoms with E-state index >= 15 is 0 Å². The molecule has 1 N–H and O–H groups in total. The minimum atomic E-state index is -2.74. The van der Waals surface area contributed by atoms with Gasteiger partial charge >= 0.3 is 0 Å². The molecule has 0 aromatic carbocycles. The highest BCUT2D eigenvalue weighted by Crippen LogP contribution is 2.16. The monoisotopic (exact) mass is 207 g/mol. The van der Waals surface area contributed by atoms with Crippen LogP contribution in [0.15, 0.2) is 10.9 Å². The largest absolute Gasteiger partial charge is 0.324 e. The number of aromatic amines is 1. The molecule has 5 heteroatoms. The van der Waals surface area contributed by atoms with Crippen molar-refractivity contribution in [3.8, 4) is 0 Å². The number of nitrogens with one attached hydrogen (secondary N) is 1. The maximum absolute atomic E-state index is 12.2. The van der Waals surface area contributed by atoms with Crippen molar-refractivity contribution in [3.05, 3.63) is 33.2 Å². The van der Waals surface area contributed by atoms with Gasteiger partial charge in [0.2, 0.25) is 0 Å². The summed E-state index contributed by atoms with van der Waals surface area (Å²) in [6.45, 7) is 1.62. The summed E-state index contributed by atoms with van der Waals surface area (Å²) < 4.78 is 24.4. The summed E-state index contributed by atoms with van der Waals surface area (Å²) in [6, 6.07) is 1.17. The standard InChI is InChI=1S/C8H8ClF2NO/c1-4-2-5(7(10)11)8(13)12-6(4)3-9/h2,7H,3H2,1H3,(H,12,13). The Hall–Kier alpha value is -0.900. The van der Waals surface area contributed by atoms with Crippen LogP contribution in [-0.2, 0) is 5.88 Å². The number of aromatic nitrogens is 1. The molecule has 0 amide bonds. The molecule has 1 aromatic rings. The molecule has 0 saturated carbocycles. The van der Waals surface area contributed by atoms with Crippen LogP contribution in [0, 0.1) is 6.92 Å². The van der Waals surface area contributed by atoms with E-state index in [-0.39, 0.29) is 5.88 Å². The van der Waals surface area contributed by atoms with E-state index in [0.717, 1.165) is 0 Å². The lowest BCUT2D eigenvalue weighted by molar-refractivity contribution is 0.149. The molecule has 0 unspecified atom stereocenters. The van der Waals surface area contributed by atoms with Gasteiger partial charge in [0, 0.05) is 5.69 Å². The van der Waals surface area contributed by atoms with E-state index in [9.17, 15) is 13.6 Å². The van der Waals surface area contributed by atoms with Crippen LogP contribution < -0.4 is 5.56 Å². The Morgan fingerprint density at radius 1 is 1.62 bits per heavy atom. The second-order valence-corrected chi connectivity index (χ2v) is 2.92. The second kappa shape index (κ2) is 3.87. The van der Waals surface area contributed by atoms with Crippen molar-refractivity contribution in [2.45, 2.75) is 19.2 Å². The van der Waals surface area contributed by atoms with Gasteiger partial charge in [-0.1, -0.05) is 0 Å². The third kappa shape index (κ3) is 2.06. The number of hydrogen-bond acceptors (Lipinski definition) is 1. The van der Waals surface area contributed by atoms with Gasteiger partial charge in [-0.3, -0.25) is 4.79 Å². The zero-order chi connectivity index (χ0) is 10.0. The van der Waals surface area contributed by atoms with Crippen LogP contribution in [0.25, 0.3) is 0 Å². The number of aryl methyl sites for hydroxylation is 1. The van der Waals surface area contributed by atoms with Gasteiger partial charge in [-0.2, -0.15) is 0 Å². The summed E-state index contributed by atoms with van der Waals surface area (Å²) in [6.07, 6.45) is -2.74. The summed E-state index contributed by atoms with van der Waals surface area (Å²) >= 11 is 5.48. The molecule has 0 spiro atoms. The van der Waals surface area contributed by atoms with Crippen LogP contribution in [-0.4, -0.2) is 4.98 Å². The molecule has 2 nitrogen and oxygen atoms in total. The first kappa shape index (κ1) is 10.2. The van der Waals surface area contributed by atoms with Crippen molar-refractivity contribution in [1.82, 2.24) is 4.98 Å². The first-order valence-electron chi connectivity index (χ1n) is 3.63. The van der Waals surface area contributed by atoms with Crippen LogP contribution in [0.1, 0.15) is 23.2 Å². The van der Waals surface area contributed by atoms with Crippen molar-refractivity contribution < 1.29 is 8.78 Å². The first-order valence-corrected chi connectivity index (χ1v) is 4.16. The molecule has 0 atom stereocenters. The van der Waals surface area contributed by atoms with Crippen LogP contribution in [0.3, 0.4) is 0 Å². The van der Waals surface area contributed by atoms with E-state index in [1.54, 1.807) is 6.92 Å². The molecule has 1 rings (SSSR count). The zero-order valence-corrected chi connectivity index (χ0v) is 7.66. The lowest BCUT2D eigenvalue weighted by Gasteiger charge is -2.04. The van der Waals surface area contributed by atoms with Gasteiger partial charge in [-0.05, 0) is 18.6 Å². The van der Waals surface area contributed by atoms with Gasteiger partial charge in [0.1, 0.15) is 0 Å². The lowest BCUT2D eigenvalue weighted by atomic mass is 10.1. The Balaban J connectivity index is 3.29. The molecule has 0 aliphatic heterocycles. The molecule has 0 fully saturated rings. The van der Waals surface area contributed by atoms with Gasteiger partial charge in [0.05, 0.1) is 11.4 Å². The van der Waals surface area contributed by atoms with Crippen molar-refractivity contribution in [2.75, 3.05) is 0 Å². The summed E-state index contributed by atoms with van der Waals surface area (Å²) in [5.74, 6) is 0.116. The molecule has 13 heavy (non-hydrogen) atoms. The SMILES string of the molecule is Cc1cc(C(F)F)c(=O)[nH]c1CCl. The summed E-state index contributed by atoms with van der Waals surface area (Å²) in [4.78, 5) is 13.3. The number of halogens is 3. The Morgan fingerprint density at radius 2 is 2.23 bits per heavy atom. The second-order valence-electron chi connectivity index (χ2n) is 2.65. The third-order valence-electron chi connectivity index (χ3n) is 1.74. The van der Waals surface area contributed by atoms with Crippen LogP contribution in [0.2, 0.25) is 0 Å². The van der Waals surface area contributed by atoms with Gasteiger partial charge < -0.3 is 4.98 Å². The molecule has 1 heterocycles. The lowest BCUT2D eigenvalue weighted by Crippen LogP contribution is -2.15. The molecule has 1 aromatic heterocycles. The van der Waals surface area contributed by atoms with E-state index in [2.05, 4.69) is 4.98 Å². The zero-order valence-electron chi connectivity index (χ0n) is 6.90. The molecule has 0 aliphatic rings. The molecular formula is C8H8ClF2NO. The van der Waals surface area contributed by atoms with Crippen molar-refractivity contribution in [3.63, 3.8) is 0 Å². The average Bonchev–Trinajstić information content (AvgIpc) is 2.07. The highest BCUT2D eigenvalue weighted by molar-refractivity contribution is 6.16. The normalized spacial score (nSPS) is 10.8. The topological polar surface area (TPSA) is 32.9 Å². The van der Waals surface area contributed by atoms with E-state index < -0.39 is 17.5 Å². The predicted molar refractivity (Wildman–Crippen MR) is 46.3 cm³/mol. The molecular weight excluding hydrogens is 200 g/mol. The molecule has 0 bridgehead atoms. The van der Waals surface area contributed by atoms with E-state index in [1.807, 2.05) is 0 Å². The van der Waals surface area contributed by atoms with Crippen molar-refractivity contribution in [1.29, 1.82) is 0 Å². The first-order chi connectivity index (χ1) is 6.06. The minimum Gasteiger partial charge on any atom is -0.324 e. The van der Waals surface area contributed by atoms with Crippen LogP contribution >= 0.6 is 11.6 Å². The van der Waals surface area contributed by atoms with Gasteiger partial charge in [0.25, 0.3) is 12.0 Å². The highest BCUT2D eigenvalue weighted by Gasteiger charge is 2.13. The fraction of sp³-hybridized carbons (Fsp3) is 0.375. The molecule has 72 valence electrons. The fourth-order valence-corrected chi connectivity index (χ4v) is 1.27. The van der Waals surface area contributed by atoms with Gasteiger partial charge in [0.15, 0.2) is 0 Å². The Morgan fingerprint density at radius 3 is 2.69 bits per heavy atom.